The molecule has 2 N–H and O–H groups in total. The van der Waals surface area contributed by atoms with Gasteiger partial charge in [-0.25, -0.2) is 4.98 Å². The van der Waals surface area contributed by atoms with Crippen LogP contribution in [-0.2, 0) is 10.2 Å². The van der Waals surface area contributed by atoms with Crippen LogP contribution in [0.25, 0.3) is 0 Å². The number of nitrogens with zero attached hydrogens (tertiary/aromatic N) is 1. The van der Waals surface area contributed by atoms with Gasteiger partial charge in [0.25, 0.3) is 0 Å². The number of ketones is 1. The van der Waals surface area contributed by atoms with Gasteiger partial charge in [-0.2, -0.15) is 0 Å². The summed E-state index contributed by atoms with van der Waals surface area (Å²) in [6.07, 6.45) is 5.12. The van der Waals surface area contributed by atoms with Crippen LogP contribution < -0.4 is 0 Å². The minimum absolute atomic E-state index is 0.145. The van der Waals surface area contributed by atoms with Crippen molar-refractivity contribution >= 4 is 22.9 Å². The van der Waals surface area contributed by atoms with Crippen LogP contribution in [0.3, 0.4) is 0 Å². The number of hydrogen-bond acceptors (Lipinski definition) is 4. The molecule has 3 rings (SSSR count). The van der Waals surface area contributed by atoms with Crippen LogP contribution in [0.4, 0.5) is 0 Å². The minimum Gasteiger partial charge on any atom is -0.375 e. The Hall–Kier alpha value is -1.07. The van der Waals surface area contributed by atoms with Gasteiger partial charge in [-0.05, 0) is 12.8 Å². The summed E-state index contributed by atoms with van der Waals surface area (Å²) in [7, 11) is 0. The van der Waals surface area contributed by atoms with E-state index in [9.17, 15) is 9.90 Å². The zero-order valence-corrected chi connectivity index (χ0v) is 8.80. The second-order valence-corrected chi connectivity index (χ2v) is 4.60. The van der Waals surface area contributed by atoms with Gasteiger partial charge in [0.15, 0.2) is 11.4 Å². The summed E-state index contributed by atoms with van der Waals surface area (Å²) in [5, 5.41) is 10.3. The molecule has 0 radical (unpaired) electrons. The maximum Gasteiger partial charge on any atom is 0.171 e. The minimum atomic E-state index is -1.40. The van der Waals surface area contributed by atoms with E-state index in [0.717, 1.165) is 18.5 Å². The van der Waals surface area contributed by atoms with Crippen LogP contribution >= 0.6 is 12.2 Å². The fourth-order valence-electron chi connectivity index (χ4n) is 2.71. The molecule has 2 aliphatic rings. The molecule has 5 heteroatoms. The zero-order valence-electron chi connectivity index (χ0n) is 7.99. The average molecular weight is 222 g/mol. The van der Waals surface area contributed by atoms with E-state index in [2.05, 4.69) is 9.97 Å². The first-order valence-corrected chi connectivity index (χ1v) is 5.34. The molecule has 0 aromatic carbocycles. The fourth-order valence-corrected chi connectivity index (χ4v) is 3.31. The molecule has 0 spiro atoms. The standard InChI is InChI=1S/C10H10N2O2S/c13-7-2-1-3-9(6-4-11-5-12-6)8(15)10(7,9)14/h4-5,14H,1-3H2,(H,11,12). The van der Waals surface area contributed by atoms with Crippen molar-refractivity contribution in [2.24, 2.45) is 0 Å². The van der Waals surface area contributed by atoms with Crippen LogP contribution in [0, 0.1) is 0 Å². The number of carbonyl (C=O) groups excluding carboxylic acids is 1. The second-order valence-electron chi connectivity index (χ2n) is 4.19. The predicted molar refractivity (Wildman–Crippen MR) is 56.7 cm³/mol. The van der Waals surface area contributed by atoms with Gasteiger partial charge in [-0.15, -0.1) is 0 Å². The number of aromatic nitrogens is 2. The zero-order chi connectivity index (χ0) is 10.7. The smallest absolute Gasteiger partial charge is 0.171 e. The van der Waals surface area contributed by atoms with Gasteiger partial charge < -0.3 is 10.1 Å². The Labute approximate surface area is 91.7 Å². The van der Waals surface area contributed by atoms with Crippen LogP contribution in [0.1, 0.15) is 25.0 Å². The molecule has 2 atom stereocenters. The van der Waals surface area contributed by atoms with Gasteiger partial charge in [0.05, 0.1) is 11.7 Å². The van der Waals surface area contributed by atoms with Crippen molar-refractivity contribution in [3.8, 4) is 0 Å². The number of imidazole rings is 1. The molecule has 0 aliphatic heterocycles. The Balaban J connectivity index is 2.15. The summed E-state index contributed by atoms with van der Waals surface area (Å²) in [6, 6.07) is 0. The van der Waals surface area contributed by atoms with Gasteiger partial charge >= 0.3 is 0 Å². The first kappa shape index (κ1) is 9.18. The topological polar surface area (TPSA) is 66.0 Å². The van der Waals surface area contributed by atoms with Crippen molar-refractivity contribution in [1.29, 1.82) is 0 Å². The number of aliphatic hydroxyl groups is 1. The molecule has 0 saturated heterocycles. The van der Waals surface area contributed by atoms with Gasteiger partial charge in [0.1, 0.15) is 0 Å². The maximum atomic E-state index is 11.7. The molecule has 4 nitrogen and oxygen atoms in total. The predicted octanol–water partition coefficient (Wildman–Crippen LogP) is 0.515. The number of thiocarbonyl (C=S) groups is 1. The monoisotopic (exact) mass is 222 g/mol. The van der Waals surface area contributed by atoms with Crippen LogP contribution in [0.15, 0.2) is 12.5 Å². The van der Waals surface area contributed by atoms with E-state index in [1.165, 1.54) is 0 Å². The Kier molecular flexibility index (Phi) is 1.55. The summed E-state index contributed by atoms with van der Waals surface area (Å²) in [5.41, 5.74) is -1.27. The third-order valence-corrected chi connectivity index (χ3v) is 4.23. The summed E-state index contributed by atoms with van der Waals surface area (Å²) >= 11 is 5.16. The Morgan fingerprint density at radius 2 is 2.40 bits per heavy atom. The van der Waals surface area contributed by atoms with E-state index in [4.69, 9.17) is 12.2 Å². The largest absolute Gasteiger partial charge is 0.375 e. The highest BCUT2D eigenvalue weighted by atomic mass is 32.1. The lowest BCUT2D eigenvalue weighted by atomic mass is 9.83. The summed E-state index contributed by atoms with van der Waals surface area (Å²) in [4.78, 5) is 19.0. The molecule has 0 amide bonds. The van der Waals surface area contributed by atoms with Crippen molar-refractivity contribution in [2.75, 3.05) is 0 Å². The molecular weight excluding hydrogens is 212 g/mol. The SMILES string of the molecule is O=C1CCCC2(c3cnc[nH]3)C(=S)C12O. The number of Topliss-reactive ketones (excluding diaryl/α,β-unsaturated/α-hetero) is 1. The Morgan fingerprint density at radius 1 is 1.60 bits per heavy atom. The molecule has 15 heavy (non-hydrogen) atoms. The Bertz CT molecular complexity index is 456. The second kappa shape index (κ2) is 2.54. The fraction of sp³-hybridized carbons (Fsp3) is 0.500. The van der Waals surface area contributed by atoms with E-state index in [1.54, 1.807) is 12.5 Å². The van der Waals surface area contributed by atoms with E-state index >= 15 is 0 Å². The maximum absolute atomic E-state index is 11.7. The number of rotatable bonds is 1. The van der Waals surface area contributed by atoms with E-state index in [-0.39, 0.29) is 5.78 Å². The van der Waals surface area contributed by atoms with E-state index in [1.807, 2.05) is 0 Å². The van der Waals surface area contributed by atoms with Gasteiger partial charge in [0, 0.05) is 23.2 Å². The van der Waals surface area contributed by atoms with Crippen molar-refractivity contribution in [1.82, 2.24) is 9.97 Å². The first-order chi connectivity index (χ1) is 7.14. The van der Waals surface area contributed by atoms with E-state index in [0.29, 0.717) is 11.3 Å². The highest BCUT2D eigenvalue weighted by Crippen LogP contribution is 2.60. The van der Waals surface area contributed by atoms with Crippen molar-refractivity contribution < 1.29 is 9.90 Å². The molecule has 1 aromatic heterocycles. The number of nitrogens with one attached hydrogen (secondary N) is 1. The third kappa shape index (κ3) is 0.800. The quantitative estimate of drug-likeness (QED) is 0.680. The van der Waals surface area contributed by atoms with Crippen molar-refractivity contribution in [2.45, 2.75) is 30.3 Å². The molecule has 2 unspecified atom stereocenters. The summed E-state index contributed by atoms with van der Waals surface area (Å²) in [6.45, 7) is 0. The van der Waals surface area contributed by atoms with Crippen molar-refractivity contribution in [3.05, 3.63) is 18.2 Å². The molecular formula is C10H10N2O2S. The first-order valence-electron chi connectivity index (χ1n) is 4.93. The number of aromatic amines is 1. The van der Waals surface area contributed by atoms with Crippen LogP contribution in [-0.4, -0.2) is 31.3 Å². The molecule has 1 aromatic rings. The third-order valence-electron chi connectivity index (χ3n) is 3.59. The molecule has 2 aliphatic carbocycles. The lowest BCUT2D eigenvalue weighted by molar-refractivity contribution is -0.131. The van der Waals surface area contributed by atoms with Crippen molar-refractivity contribution in [3.63, 3.8) is 0 Å². The van der Waals surface area contributed by atoms with Gasteiger partial charge in [-0.1, -0.05) is 12.2 Å². The normalized spacial score (nSPS) is 39.0. The number of H-pyrrole nitrogens is 1. The highest BCUT2D eigenvalue weighted by molar-refractivity contribution is 7.81. The number of fused-ring (bicyclic) bond motifs is 1. The highest BCUT2D eigenvalue weighted by Gasteiger charge is 2.79. The number of hydrogen-bond donors (Lipinski definition) is 2. The molecule has 2 fully saturated rings. The molecule has 2 saturated carbocycles. The lowest BCUT2D eigenvalue weighted by Gasteiger charge is -2.22. The average Bonchev–Trinajstić information content (AvgIpc) is 2.65. The van der Waals surface area contributed by atoms with Crippen LogP contribution in [0.2, 0.25) is 0 Å². The lowest BCUT2D eigenvalue weighted by Crippen LogP contribution is -2.36. The number of carbonyl (C=O) groups is 1. The Morgan fingerprint density at radius 3 is 3.07 bits per heavy atom. The molecule has 0 bridgehead atoms. The van der Waals surface area contributed by atoms with Gasteiger partial charge in [0.2, 0.25) is 0 Å². The van der Waals surface area contributed by atoms with Crippen LogP contribution in [0.5, 0.6) is 0 Å². The summed E-state index contributed by atoms with van der Waals surface area (Å²) < 4.78 is 0. The van der Waals surface area contributed by atoms with Gasteiger partial charge in [-0.3, -0.25) is 4.79 Å². The van der Waals surface area contributed by atoms with E-state index < -0.39 is 11.0 Å². The summed E-state index contributed by atoms with van der Waals surface area (Å²) in [5.74, 6) is -0.145. The molecule has 78 valence electrons. The molecule has 1 heterocycles.